The van der Waals surface area contributed by atoms with Crippen LogP contribution in [-0.4, -0.2) is 74.9 Å². The minimum atomic E-state index is -4.39. The molecule has 0 aromatic heterocycles. The van der Waals surface area contributed by atoms with Crippen molar-refractivity contribution in [2.45, 2.75) is 328 Å². The average Bonchev–Trinajstić information content (AvgIpc) is 3.61. The van der Waals surface area contributed by atoms with E-state index in [1.807, 2.05) is 21.1 Å². The number of esters is 2. The number of ether oxygens (including phenoxy) is 2. The first kappa shape index (κ1) is 81.2. The summed E-state index contributed by atoms with van der Waals surface area (Å²) in [5.74, 6) is -0.787. The van der Waals surface area contributed by atoms with Crippen LogP contribution in [0.5, 0.6) is 0 Å². The SMILES string of the molecule is CC/C=C\C/C=C\C/C=C\C/C=C\C/C=C\C/C=C\CCCCCCCCCCCCCCCCC(=O)OC(COC(=O)CCCCCCCCCCCCCCCCC/C=C\CCCCCCCCCC)COP(=O)(O)OCC[N+](C)(C)C. The highest BCUT2D eigenvalue weighted by molar-refractivity contribution is 7.47. The van der Waals surface area contributed by atoms with Gasteiger partial charge in [-0.05, 0) is 89.9 Å². The van der Waals surface area contributed by atoms with Gasteiger partial charge >= 0.3 is 19.8 Å². The second-order valence-corrected chi connectivity index (χ2v) is 26.3. The third kappa shape index (κ3) is 68.3. The van der Waals surface area contributed by atoms with Gasteiger partial charge in [0.2, 0.25) is 0 Å². The molecule has 0 rings (SSSR count). The third-order valence-corrected chi connectivity index (χ3v) is 16.4. The first-order valence-corrected chi connectivity index (χ1v) is 36.8. The molecule has 2 unspecified atom stereocenters. The van der Waals surface area contributed by atoms with Crippen molar-refractivity contribution >= 4 is 19.8 Å². The molecule has 1 N–H and O–H groups in total. The van der Waals surface area contributed by atoms with Crippen molar-refractivity contribution in [1.29, 1.82) is 0 Å². The van der Waals surface area contributed by atoms with Gasteiger partial charge in [0.05, 0.1) is 27.7 Å². The van der Waals surface area contributed by atoms with Gasteiger partial charge in [0.15, 0.2) is 6.10 Å². The van der Waals surface area contributed by atoms with Crippen LogP contribution in [0.2, 0.25) is 0 Å². The van der Waals surface area contributed by atoms with E-state index in [4.69, 9.17) is 18.5 Å². The van der Waals surface area contributed by atoms with E-state index in [-0.39, 0.29) is 32.0 Å². The number of rotatable bonds is 65. The second-order valence-electron chi connectivity index (χ2n) is 24.9. The Kier molecular flexibility index (Phi) is 62.5. The number of quaternary nitrogens is 1. The van der Waals surface area contributed by atoms with Gasteiger partial charge in [0.25, 0.3) is 0 Å². The number of hydrogen-bond acceptors (Lipinski definition) is 7. The van der Waals surface area contributed by atoms with E-state index in [1.54, 1.807) is 0 Å². The predicted molar refractivity (Wildman–Crippen MR) is 362 cm³/mol. The lowest BCUT2D eigenvalue weighted by Gasteiger charge is -2.24. The molecule has 0 amide bonds. The zero-order valence-electron chi connectivity index (χ0n) is 55.6. The number of phosphoric acid groups is 1. The van der Waals surface area contributed by atoms with Crippen molar-refractivity contribution in [3.63, 3.8) is 0 Å². The molecule has 0 saturated heterocycles. The maximum Gasteiger partial charge on any atom is 0.472 e. The van der Waals surface area contributed by atoms with Gasteiger partial charge in [0.1, 0.15) is 19.8 Å². The van der Waals surface area contributed by atoms with E-state index in [2.05, 4.69) is 98.9 Å². The monoisotopic (exact) mass is 1200 g/mol. The minimum absolute atomic E-state index is 0.0305. The number of nitrogens with zero attached hydrogens (tertiary/aromatic N) is 1. The Bertz CT molecular complexity index is 1690. The van der Waals surface area contributed by atoms with Crippen molar-refractivity contribution in [3.8, 4) is 0 Å². The highest BCUT2D eigenvalue weighted by Crippen LogP contribution is 2.43. The molecule has 9 nitrogen and oxygen atoms in total. The Morgan fingerprint density at radius 2 is 0.679 bits per heavy atom. The summed E-state index contributed by atoms with van der Waals surface area (Å²) in [5.41, 5.74) is 0. The summed E-state index contributed by atoms with van der Waals surface area (Å²) in [6, 6.07) is 0. The van der Waals surface area contributed by atoms with Gasteiger partial charge in [-0.2, -0.15) is 0 Å². The maximum atomic E-state index is 12.9. The molecular formula is C74H135NO8P+. The quantitative estimate of drug-likeness (QED) is 0.0211. The van der Waals surface area contributed by atoms with E-state index in [1.165, 1.54) is 212 Å². The fraction of sp³-hybridized carbons (Fsp3) is 0.784. The molecule has 0 aromatic rings. The lowest BCUT2D eigenvalue weighted by atomic mass is 10.0. The van der Waals surface area contributed by atoms with E-state index < -0.39 is 26.5 Å². The molecule has 0 aliphatic heterocycles. The summed E-state index contributed by atoms with van der Waals surface area (Å²) in [4.78, 5) is 35.9. The van der Waals surface area contributed by atoms with Crippen LogP contribution in [0.1, 0.15) is 322 Å². The van der Waals surface area contributed by atoms with Gasteiger partial charge in [0, 0.05) is 12.8 Å². The Morgan fingerprint density at radius 1 is 0.381 bits per heavy atom. The van der Waals surface area contributed by atoms with Gasteiger partial charge in [-0.15, -0.1) is 0 Å². The molecule has 0 heterocycles. The molecule has 0 aliphatic rings. The molecule has 2 atom stereocenters. The van der Waals surface area contributed by atoms with E-state index >= 15 is 0 Å². The van der Waals surface area contributed by atoms with E-state index in [0.717, 1.165) is 77.0 Å². The number of carbonyl (C=O) groups is 2. The fourth-order valence-electron chi connectivity index (χ4n) is 10.0. The van der Waals surface area contributed by atoms with Crippen molar-refractivity contribution in [2.24, 2.45) is 0 Å². The maximum absolute atomic E-state index is 12.9. The number of allylic oxidation sites excluding steroid dienone is 14. The van der Waals surface area contributed by atoms with Crippen molar-refractivity contribution < 1.29 is 42.1 Å². The number of likely N-dealkylation sites (N-methyl/N-ethyl adjacent to an activating group) is 1. The van der Waals surface area contributed by atoms with E-state index in [9.17, 15) is 19.0 Å². The molecule has 0 fully saturated rings. The van der Waals surface area contributed by atoms with Crippen LogP contribution in [0.3, 0.4) is 0 Å². The van der Waals surface area contributed by atoms with Crippen molar-refractivity contribution in [2.75, 3.05) is 47.5 Å². The van der Waals surface area contributed by atoms with Crippen LogP contribution in [-0.2, 0) is 32.7 Å². The number of hydrogen-bond donors (Lipinski definition) is 1. The first-order chi connectivity index (χ1) is 41.0. The van der Waals surface area contributed by atoms with Gasteiger partial charge in [-0.3, -0.25) is 18.6 Å². The van der Waals surface area contributed by atoms with Crippen LogP contribution in [0.25, 0.3) is 0 Å². The van der Waals surface area contributed by atoms with Crippen molar-refractivity contribution in [3.05, 3.63) is 85.1 Å². The highest BCUT2D eigenvalue weighted by Gasteiger charge is 2.27. The van der Waals surface area contributed by atoms with Crippen molar-refractivity contribution in [1.82, 2.24) is 0 Å². The Hall–Kier alpha value is -2.81. The molecule has 488 valence electrons. The summed E-state index contributed by atoms with van der Waals surface area (Å²) in [6.45, 7) is 4.36. The second kappa shape index (κ2) is 64.7. The number of unbranched alkanes of at least 4 members (excludes halogenated alkanes) is 37. The van der Waals surface area contributed by atoms with Crippen LogP contribution in [0, 0.1) is 0 Å². The largest absolute Gasteiger partial charge is 0.472 e. The molecule has 0 saturated carbocycles. The Morgan fingerprint density at radius 3 is 1.02 bits per heavy atom. The lowest BCUT2D eigenvalue weighted by Crippen LogP contribution is -2.37. The summed E-state index contributed by atoms with van der Waals surface area (Å²) in [6.07, 6.45) is 88.3. The molecule has 0 spiro atoms. The first-order valence-electron chi connectivity index (χ1n) is 35.3. The highest BCUT2D eigenvalue weighted by atomic mass is 31.2. The van der Waals surface area contributed by atoms with Crippen LogP contribution in [0.4, 0.5) is 0 Å². The number of carbonyl (C=O) groups excluding carboxylic acids is 2. The smallest absolute Gasteiger partial charge is 0.462 e. The average molecular weight is 1200 g/mol. The molecule has 0 aromatic carbocycles. The predicted octanol–water partition coefficient (Wildman–Crippen LogP) is 22.9. The topological polar surface area (TPSA) is 108 Å². The van der Waals surface area contributed by atoms with Gasteiger partial charge < -0.3 is 18.9 Å². The van der Waals surface area contributed by atoms with Crippen LogP contribution >= 0.6 is 7.82 Å². The summed E-state index contributed by atoms with van der Waals surface area (Å²) in [5, 5.41) is 0. The summed E-state index contributed by atoms with van der Waals surface area (Å²) >= 11 is 0. The molecule has 0 aliphatic carbocycles. The molecular weight excluding hydrogens is 1060 g/mol. The molecule has 10 heteroatoms. The van der Waals surface area contributed by atoms with Gasteiger partial charge in [-0.1, -0.05) is 304 Å². The minimum Gasteiger partial charge on any atom is -0.462 e. The van der Waals surface area contributed by atoms with Crippen LogP contribution in [0.15, 0.2) is 85.1 Å². The summed E-state index contributed by atoms with van der Waals surface area (Å²) < 4.78 is 34.7. The van der Waals surface area contributed by atoms with E-state index in [0.29, 0.717) is 17.4 Å². The normalized spacial score (nSPS) is 13.6. The lowest BCUT2D eigenvalue weighted by molar-refractivity contribution is -0.870. The third-order valence-electron chi connectivity index (χ3n) is 15.4. The molecule has 84 heavy (non-hydrogen) atoms. The standard InChI is InChI=1S/C74H134NO8P/c1-6-8-10-12-14-16-18-20-22-24-26-28-30-32-34-35-36-37-38-39-41-43-45-47-49-51-53-55-57-59-61-63-65-67-74(77)83-72(71-82-84(78,79)81-69-68-75(3,4)5)70-80-73(76)66-64-62-60-58-56-54-52-50-48-46-44-42-40-33-31-29-27-25-23-21-19-17-15-13-11-9-7-2/h8,10,14,16,20,22,25-28,32,34,36-37,72H,6-7,9,11-13,15,17-19,21,23-24,29-31,33,35,38-71H2,1-5H3/p+1/b10-8-,16-14-,22-20-,27-25-,28-26-,34-32-,37-36-. The Balaban J connectivity index is 4.04. The number of phosphoric ester groups is 1. The molecule has 0 radical (unpaired) electrons. The molecule has 0 bridgehead atoms. The van der Waals surface area contributed by atoms with Gasteiger partial charge in [-0.25, -0.2) is 4.57 Å². The summed E-state index contributed by atoms with van der Waals surface area (Å²) in [7, 11) is 1.48. The zero-order chi connectivity index (χ0) is 61.2. The zero-order valence-corrected chi connectivity index (χ0v) is 56.5. The van der Waals surface area contributed by atoms with Crippen LogP contribution < -0.4 is 0 Å². The fourth-order valence-corrected chi connectivity index (χ4v) is 10.8. The Labute approximate surface area is 520 Å².